The van der Waals surface area contributed by atoms with Gasteiger partial charge in [0.2, 0.25) is 5.91 Å². The van der Waals surface area contributed by atoms with Crippen LogP contribution in [0.2, 0.25) is 0 Å². The molecule has 0 saturated carbocycles. The molecule has 8 nitrogen and oxygen atoms in total. The smallest absolute Gasteiger partial charge is 0.411 e. The average molecular weight is 390 g/mol. The van der Waals surface area contributed by atoms with Gasteiger partial charge in [-0.2, -0.15) is 0 Å². The maximum absolute atomic E-state index is 12.6. The predicted octanol–water partition coefficient (Wildman–Crippen LogP) is 1.62. The topological polar surface area (TPSA) is 113 Å². The van der Waals surface area contributed by atoms with Crippen molar-refractivity contribution in [3.05, 3.63) is 35.9 Å². The molecule has 0 aromatic heterocycles. The minimum absolute atomic E-state index is 0.0328. The number of aldehydes is 1. The van der Waals surface area contributed by atoms with E-state index in [0.717, 1.165) is 10.5 Å². The molecule has 2 unspecified atom stereocenters. The summed E-state index contributed by atoms with van der Waals surface area (Å²) in [6.07, 6.45) is -0.242. The number of aliphatic carboxylic acids is 1. The van der Waals surface area contributed by atoms with Gasteiger partial charge in [0.25, 0.3) is 0 Å². The molecule has 1 aliphatic heterocycles. The molecule has 1 aliphatic rings. The number of carboxylic acids is 1. The summed E-state index contributed by atoms with van der Waals surface area (Å²) in [5.74, 6) is -2.62. The van der Waals surface area contributed by atoms with Crippen molar-refractivity contribution in [3.63, 3.8) is 0 Å². The van der Waals surface area contributed by atoms with Crippen molar-refractivity contribution in [1.82, 2.24) is 10.2 Å². The number of carboxylic acid groups (broad SMARTS) is 1. The fourth-order valence-corrected chi connectivity index (χ4v) is 3.30. The third-order valence-corrected chi connectivity index (χ3v) is 4.73. The molecule has 152 valence electrons. The van der Waals surface area contributed by atoms with Crippen molar-refractivity contribution in [2.75, 3.05) is 6.54 Å². The molecule has 1 heterocycles. The van der Waals surface area contributed by atoms with Crippen LogP contribution in [0.3, 0.4) is 0 Å². The van der Waals surface area contributed by atoms with E-state index in [1.54, 1.807) is 45.0 Å². The van der Waals surface area contributed by atoms with E-state index in [1.807, 2.05) is 6.07 Å². The van der Waals surface area contributed by atoms with Crippen LogP contribution in [0, 0.1) is 5.92 Å². The lowest BCUT2D eigenvalue weighted by atomic mass is 9.88. The van der Waals surface area contributed by atoms with Crippen molar-refractivity contribution < 1.29 is 29.0 Å². The first kappa shape index (κ1) is 21.4. The molecular weight excluding hydrogens is 364 g/mol. The summed E-state index contributed by atoms with van der Waals surface area (Å²) in [4.78, 5) is 49.8. The van der Waals surface area contributed by atoms with Crippen LogP contribution in [0.4, 0.5) is 4.79 Å². The molecule has 3 atom stereocenters. The molecule has 0 radical (unpaired) electrons. The van der Waals surface area contributed by atoms with Crippen LogP contribution < -0.4 is 5.32 Å². The Morgan fingerprint density at radius 2 is 1.89 bits per heavy atom. The normalized spacial score (nSPS) is 24.5. The average Bonchev–Trinajstić information content (AvgIpc) is 2.88. The summed E-state index contributed by atoms with van der Waals surface area (Å²) in [7, 11) is 0. The van der Waals surface area contributed by atoms with E-state index >= 15 is 0 Å². The van der Waals surface area contributed by atoms with E-state index in [4.69, 9.17) is 4.74 Å². The molecule has 28 heavy (non-hydrogen) atoms. The van der Waals surface area contributed by atoms with Gasteiger partial charge in [0.1, 0.15) is 11.9 Å². The monoisotopic (exact) mass is 390 g/mol. The molecule has 1 saturated heterocycles. The molecular formula is C20H26N2O6. The largest absolute Gasteiger partial charge is 0.479 e. The minimum Gasteiger partial charge on any atom is -0.479 e. The fraction of sp³-hybridized carbons (Fsp3) is 0.500. The highest BCUT2D eigenvalue weighted by molar-refractivity contribution is 5.89. The molecule has 2 N–H and O–H groups in total. The van der Waals surface area contributed by atoms with Crippen LogP contribution in [0.1, 0.15) is 33.3 Å². The van der Waals surface area contributed by atoms with Gasteiger partial charge in [-0.25, -0.2) is 9.59 Å². The first-order valence-electron chi connectivity index (χ1n) is 9.01. The summed E-state index contributed by atoms with van der Waals surface area (Å²) in [5, 5.41) is 12.5. The Bertz CT molecular complexity index is 758. The van der Waals surface area contributed by atoms with Gasteiger partial charge in [0, 0.05) is 6.54 Å². The number of ether oxygens (including phenoxy) is 1. The van der Waals surface area contributed by atoms with Crippen molar-refractivity contribution >= 4 is 24.3 Å². The minimum atomic E-state index is -1.82. The number of carbonyl (C=O) groups excluding carboxylic acids is 3. The Labute approximate surface area is 163 Å². The zero-order valence-corrected chi connectivity index (χ0v) is 16.5. The Kier molecular flexibility index (Phi) is 6.11. The van der Waals surface area contributed by atoms with Gasteiger partial charge in [0.15, 0.2) is 5.54 Å². The van der Waals surface area contributed by atoms with E-state index in [-0.39, 0.29) is 13.0 Å². The highest BCUT2D eigenvalue weighted by Gasteiger charge is 2.59. The lowest BCUT2D eigenvalue weighted by Crippen LogP contribution is -2.62. The highest BCUT2D eigenvalue weighted by atomic mass is 16.6. The van der Waals surface area contributed by atoms with Gasteiger partial charge < -0.3 is 20.0 Å². The van der Waals surface area contributed by atoms with Crippen LogP contribution in [0.15, 0.2) is 30.3 Å². The zero-order chi connectivity index (χ0) is 21.1. The van der Waals surface area contributed by atoms with E-state index < -0.39 is 41.1 Å². The quantitative estimate of drug-likeness (QED) is 0.739. The van der Waals surface area contributed by atoms with Gasteiger partial charge >= 0.3 is 12.1 Å². The lowest BCUT2D eigenvalue weighted by Gasteiger charge is -2.36. The van der Waals surface area contributed by atoms with Gasteiger partial charge in [-0.1, -0.05) is 30.3 Å². The summed E-state index contributed by atoms with van der Waals surface area (Å²) < 4.78 is 5.30. The molecule has 1 aromatic rings. The maximum Gasteiger partial charge on any atom is 0.411 e. The van der Waals surface area contributed by atoms with E-state index in [9.17, 15) is 24.3 Å². The van der Waals surface area contributed by atoms with Crippen molar-refractivity contribution in [1.29, 1.82) is 0 Å². The first-order valence-corrected chi connectivity index (χ1v) is 9.01. The maximum atomic E-state index is 12.6. The van der Waals surface area contributed by atoms with Gasteiger partial charge in [0.05, 0.1) is 18.4 Å². The summed E-state index contributed by atoms with van der Waals surface area (Å²) in [6.45, 7) is 6.15. The Morgan fingerprint density at radius 1 is 1.29 bits per heavy atom. The van der Waals surface area contributed by atoms with Crippen LogP contribution in [0.5, 0.6) is 0 Å². The van der Waals surface area contributed by atoms with Crippen LogP contribution in [-0.4, -0.2) is 58.0 Å². The second-order valence-corrected chi connectivity index (χ2v) is 8.05. The van der Waals surface area contributed by atoms with Crippen molar-refractivity contribution in [3.8, 4) is 0 Å². The van der Waals surface area contributed by atoms with Crippen molar-refractivity contribution in [2.45, 2.75) is 51.3 Å². The summed E-state index contributed by atoms with van der Waals surface area (Å²) in [5.41, 5.74) is -1.90. The number of hydrogen-bond acceptors (Lipinski definition) is 5. The number of nitrogens with zero attached hydrogens (tertiary/aromatic N) is 1. The van der Waals surface area contributed by atoms with Crippen molar-refractivity contribution in [2.24, 2.45) is 5.92 Å². The molecule has 1 aromatic carbocycles. The number of rotatable bonds is 5. The zero-order valence-electron chi connectivity index (χ0n) is 16.5. The number of benzene rings is 1. The predicted molar refractivity (Wildman–Crippen MR) is 101 cm³/mol. The van der Waals surface area contributed by atoms with Gasteiger partial charge in [-0.3, -0.25) is 9.69 Å². The Hall–Kier alpha value is -2.90. The number of amides is 2. The molecule has 2 amide bonds. The number of carbonyl (C=O) groups is 4. The van der Waals surface area contributed by atoms with E-state index in [0.29, 0.717) is 6.29 Å². The molecule has 0 spiro atoms. The van der Waals surface area contributed by atoms with E-state index in [1.165, 1.54) is 6.92 Å². The SMILES string of the molecule is CC(C)(C)OC(=O)N1CC(C=O)C(NC(=O)Cc2ccccc2)[C@@]1(C)C(=O)O. The fourth-order valence-electron chi connectivity index (χ4n) is 3.30. The third kappa shape index (κ3) is 4.49. The molecule has 2 rings (SSSR count). The second kappa shape index (κ2) is 8.00. The lowest BCUT2D eigenvalue weighted by molar-refractivity contribution is -0.149. The standard InChI is InChI=1S/C20H26N2O6/c1-19(2,3)28-18(27)22-11-14(12-23)16(20(22,4)17(25)26)21-15(24)10-13-8-6-5-7-9-13/h5-9,12,14,16H,10-11H2,1-4H3,(H,21,24)(H,25,26)/t14?,16?,20-/m0/s1. The molecule has 8 heteroatoms. The van der Waals surface area contributed by atoms with Gasteiger partial charge in [-0.05, 0) is 33.3 Å². The second-order valence-electron chi connectivity index (χ2n) is 8.05. The number of likely N-dealkylation sites (tertiary alicyclic amines) is 1. The van der Waals surface area contributed by atoms with Crippen LogP contribution in [0.25, 0.3) is 0 Å². The van der Waals surface area contributed by atoms with Crippen LogP contribution >= 0.6 is 0 Å². The summed E-state index contributed by atoms with van der Waals surface area (Å²) >= 11 is 0. The number of hydrogen-bond donors (Lipinski definition) is 2. The van der Waals surface area contributed by atoms with E-state index in [2.05, 4.69) is 5.32 Å². The first-order chi connectivity index (χ1) is 13.0. The van der Waals surface area contributed by atoms with Gasteiger partial charge in [-0.15, -0.1) is 0 Å². The number of nitrogens with one attached hydrogen (secondary N) is 1. The Balaban J connectivity index is 2.27. The molecule has 1 fully saturated rings. The van der Waals surface area contributed by atoms with Crippen LogP contribution in [-0.2, 0) is 25.5 Å². The Morgan fingerprint density at radius 3 is 2.39 bits per heavy atom. The highest BCUT2D eigenvalue weighted by Crippen LogP contribution is 2.34. The molecule has 0 aliphatic carbocycles. The molecule has 0 bridgehead atoms. The summed E-state index contributed by atoms with van der Waals surface area (Å²) in [6, 6.07) is 7.87. The third-order valence-electron chi connectivity index (χ3n) is 4.73.